The van der Waals surface area contributed by atoms with Gasteiger partial charge in [0.25, 0.3) is 5.69 Å². The molecule has 4 rings (SSSR count). The van der Waals surface area contributed by atoms with E-state index in [0.717, 1.165) is 11.0 Å². The number of aromatic nitrogens is 2. The molecule has 29 heavy (non-hydrogen) atoms. The largest absolute Gasteiger partial charge is 0.457 e. The molecule has 4 aromatic rings. The van der Waals surface area contributed by atoms with Gasteiger partial charge in [-0.1, -0.05) is 12.1 Å². The number of aromatic amines is 1. The fraction of sp³-hybridized carbons (Fsp3) is 0. The lowest BCUT2D eigenvalue weighted by Crippen LogP contribution is -1.90. The number of nitro benzene ring substituents is 1. The predicted molar refractivity (Wildman–Crippen MR) is 116 cm³/mol. The molecule has 0 unspecified atom stereocenters. The minimum atomic E-state index is -0.470. The molecule has 1 N–H and O–H groups in total. The standard InChI is InChI=1S/C20H10Br2N4O3/c21-14-8-12(26(27)28)9-15(22)19(14)18-6-5-13(29-18)7-11(10-23)20-24-16-3-1-2-4-17(16)25-20/h1-9H,(H,24,25)/b11-7+. The van der Waals surface area contributed by atoms with Gasteiger partial charge in [-0.2, -0.15) is 5.26 Å². The van der Waals surface area contributed by atoms with Gasteiger partial charge in [-0.05, 0) is 56.1 Å². The Hall–Kier alpha value is -3.22. The summed E-state index contributed by atoms with van der Waals surface area (Å²) in [7, 11) is 0. The molecule has 0 radical (unpaired) electrons. The van der Waals surface area contributed by atoms with E-state index in [-0.39, 0.29) is 5.69 Å². The fourth-order valence-electron chi connectivity index (χ4n) is 2.84. The number of para-hydroxylation sites is 2. The topological polar surface area (TPSA) is 109 Å². The number of nitrogens with zero attached hydrogens (tertiary/aromatic N) is 3. The zero-order valence-electron chi connectivity index (χ0n) is 14.5. The predicted octanol–water partition coefficient (Wildman–Crippen LogP) is 6.32. The van der Waals surface area contributed by atoms with E-state index < -0.39 is 4.92 Å². The first kappa shape index (κ1) is 19.1. The number of nitrogens with one attached hydrogen (secondary N) is 1. The minimum Gasteiger partial charge on any atom is -0.457 e. The summed E-state index contributed by atoms with van der Waals surface area (Å²) in [5.41, 5.74) is 2.52. The number of fused-ring (bicyclic) bond motifs is 1. The normalized spacial score (nSPS) is 11.6. The van der Waals surface area contributed by atoms with Gasteiger partial charge in [0, 0.05) is 32.7 Å². The van der Waals surface area contributed by atoms with Gasteiger partial charge < -0.3 is 9.40 Å². The van der Waals surface area contributed by atoms with Crippen LogP contribution in [0.3, 0.4) is 0 Å². The van der Waals surface area contributed by atoms with Crippen molar-refractivity contribution in [1.29, 1.82) is 5.26 Å². The average molecular weight is 514 g/mol. The van der Waals surface area contributed by atoms with Crippen LogP contribution in [0.25, 0.3) is 34.0 Å². The molecule has 0 aliphatic carbocycles. The molecule has 0 amide bonds. The summed E-state index contributed by atoms with van der Waals surface area (Å²) < 4.78 is 6.89. The van der Waals surface area contributed by atoms with E-state index in [4.69, 9.17) is 4.42 Å². The quantitative estimate of drug-likeness (QED) is 0.195. The molecule has 0 saturated heterocycles. The number of hydrogen-bond donors (Lipinski definition) is 1. The van der Waals surface area contributed by atoms with E-state index in [2.05, 4.69) is 47.9 Å². The second-order valence-corrected chi connectivity index (χ2v) is 7.72. The Morgan fingerprint density at radius 1 is 1.21 bits per heavy atom. The van der Waals surface area contributed by atoms with Crippen LogP contribution in [0.2, 0.25) is 0 Å². The van der Waals surface area contributed by atoms with Crippen molar-refractivity contribution in [3.63, 3.8) is 0 Å². The molecule has 2 aromatic heterocycles. The van der Waals surface area contributed by atoms with Gasteiger partial charge in [0.1, 0.15) is 23.4 Å². The Morgan fingerprint density at radius 2 is 1.93 bits per heavy atom. The third-order valence-corrected chi connectivity index (χ3v) is 5.41. The maximum Gasteiger partial charge on any atom is 0.271 e. The Labute approximate surface area is 181 Å². The number of furan rings is 1. The number of allylic oxidation sites excluding steroid dienone is 1. The van der Waals surface area contributed by atoms with Crippen LogP contribution >= 0.6 is 31.9 Å². The lowest BCUT2D eigenvalue weighted by molar-refractivity contribution is -0.385. The van der Waals surface area contributed by atoms with Gasteiger partial charge in [-0.25, -0.2) is 4.98 Å². The highest BCUT2D eigenvalue weighted by Crippen LogP contribution is 2.39. The van der Waals surface area contributed by atoms with Crippen LogP contribution in [0.15, 0.2) is 61.9 Å². The molecule has 0 aliphatic heterocycles. The smallest absolute Gasteiger partial charge is 0.271 e. The first-order chi connectivity index (χ1) is 14.0. The summed E-state index contributed by atoms with van der Waals surface area (Å²) in [5, 5.41) is 20.6. The summed E-state index contributed by atoms with van der Waals surface area (Å²) >= 11 is 6.71. The van der Waals surface area contributed by atoms with Gasteiger partial charge in [0.05, 0.1) is 21.5 Å². The maximum absolute atomic E-state index is 11.0. The molecule has 142 valence electrons. The van der Waals surface area contributed by atoms with Crippen molar-refractivity contribution in [3.05, 3.63) is 79.2 Å². The summed E-state index contributed by atoms with van der Waals surface area (Å²) in [5.74, 6) is 1.39. The Morgan fingerprint density at radius 3 is 2.59 bits per heavy atom. The minimum absolute atomic E-state index is 0.0455. The summed E-state index contributed by atoms with van der Waals surface area (Å²) in [4.78, 5) is 18.1. The Bertz CT molecular complexity index is 1270. The van der Waals surface area contributed by atoms with Gasteiger partial charge in [0.2, 0.25) is 0 Å². The molecule has 0 bridgehead atoms. The van der Waals surface area contributed by atoms with Crippen LogP contribution in [0, 0.1) is 21.4 Å². The highest BCUT2D eigenvalue weighted by Gasteiger charge is 2.18. The van der Waals surface area contributed by atoms with Gasteiger partial charge in [0.15, 0.2) is 0 Å². The maximum atomic E-state index is 11.0. The van der Waals surface area contributed by atoms with Crippen molar-refractivity contribution in [3.8, 4) is 17.4 Å². The second kappa shape index (κ2) is 7.66. The van der Waals surface area contributed by atoms with E-state index in [9.17, 15) is 15.4 Å². The molecule has 2 aromatic carbocycles. The second-order valence-electron chi connectivity index (χ2n) is 6.02. The van der Waals surface area contributed by atoms with Crippen LogP contribution in [-0.4, -0.2) is 14.9 Å². The third kappa shape index (κ3) is 3.72. The van der Waals surface area contributed by atoms with Crippen molar-refractivity contribution < 1.29 is 9.34 Å². The van der Waals surface area contributed by atoms with E-state index in [1.54, 1.807) is 18.2 Å². The molecule has 0 spiro atoms. The first-order valence-corrected chi connectivity index (χ1v) is 9.85. The molecule has 0 atom stereocenters. The van der Waals surface area contributed by atoms with Crippen molar-refractivity contribution in [1.82, 2.24) is 9.97 Å². The Kier molecular flexibility index (Phi) is 5.05. The van der Waals surface area contributed by atoms with E-state index in [1.165, 1.54) is 12.1 Å². The van der Waals surface area contributed by atoms with Gasteiger partial charge in [-0.15, -0.1) is 0 Å². The summed E-state index contributed by atoms with van der Waals surface area (Å²) in [6.45, 7) is 0. The highest BCUT2D eigenvalue weighted by atomic mass is 79.9. The van der Waals surface area contributed by atoms with E-state index in [0.29, 0.717) is 37.4 Å². The van der Waals surface area contributed by atoms with Crippen LogP contribution < -0.4 is 0 Å². The van der Waals surface area contributed by atoms with E-state index in [1.807, 2.05) is 24.3 Å². The first-order valence-electron chi connectivity index (χ1n) is 8.27. The summed E-state index contributed by atoms with van der Waals surface area (Å²) in [6, 6.07) is 15.9. The van der Waals surface area contributed by atoms with Gasteiger partial charge >= 0.3 is 0 Å². The van der Waals surface area contributed by atoms with Gasteiger partial charge in [-0.3, -0.25) is 10.1 Å². The van der Waals surface area contributed by atoms with Crippen molar-refractivity contribution >= 4 is 60.2 Å². The van der Waals surface area contributed by atoms with Crippen molar-refractivity contribution in [2.75, 3.05) is 0 Å². The zero-order chi connectivity index (χ0) is 20.5. The molecule has 0 saturated carbocycles. The monoisotopic (exact) mass is 512 g/mol. The number of nitro groups is 1. The fourth-order valence-corrected chi connectivity index (χ4v) is 4.39. The Balaban J connectivity index is 1.72. The molecular weight excluding hydrogens is 504 g/mol. The number of nitriles is 1. The van der Waals surface area contributed by atoms with Crippen molar-refractivity contribution in [2.45, 2.75) is 0 Å². The zero-order valence-corrected chi connectivity index (χ0v) is 17.7. The molecule has 0 fully saturated rings. The SMILES string of the molecule is N#C/C(=C\c1ccc(-c2c(Br)cc([N+](=O)[O-])cc2Br)o1)c1nc2ccccc2[nH]1. The number of halogens is 2. The lowest BCUT2D eigenvalue weighted by atomic mass is 10.1. The third-order valence-electron chi connectivity index (χ3n) is 4.16. The van der Waals surface area contributed by atoms with Crippen molar-refractivity contribution in [2.24, 2.45) is 0 Å². The van der Waals surface area contributed by atoms with Crippen LogP contribution in [-0.2, 0) is 0 Å². The lowest BCUT2D eigenvalue weighted by Gasteiger charge is -2.04. The van der Waals surface area contributed by atoms with Crippen LogP contribution in [0.4, 0.5) is 5.69 Å². The number of hydrogen-bond acceptors (Lipinski definition) is 5. The number of H-pyrrole nitrogens is 1. The number of benzene rings is 2. The summed E-state index contributed by atoms with van der Waals surface area (Å²) in [6.07, 6.45) is 1.59. The highest BCUT2D eigenvalue weighted by molar-refractivity contribution is 9.11. The number of imidazole rings is 1. The molecule has 0 aliphatic rings. The average Bonchev–Trinajstić information content (AvgIpc) is 3.32. The number of non-ortho nitro benzene ring substituents is 1. The molecule has 9 heteroatoms. The van der Waals surface area contributed by atoms with Crippen LogP contribution in [0.1, 0.15) is 11.6 Å². The molecular formula is C20H10Br2N4O3. The molecule has 2 heterocycles. The molecule has 7 nitrogen and oxygen atoms in total. The number of rotatable bonds is 4. The van der Waals surface area contributed by atoms with Crippen LogP contribution in [0.5, 0.6) is 0 Å². The van der Waals surface area contributed by atoms with E-state index >= 15 is 0 Å².